The lowest BCUT2D eigenvalue weighted by atomic mass is 9.77. The fourth-order valence-electron chi connectivity index (χ4n) is 4.27. The van der Waals surface area contributed by atoms with Crippen molar-refractivity contribution in [3.05, 3.63) is 59.5 Å². The number of nitrogens with zero attached hydrogens (tertiary/aromatic N) is 2. The first-order valence-corrected chi connectivity index (χ1v) is 8.87. The summed E-state index contributed by atoms with van der Waals surface area (Å²) in [4.78, 5) is 13.4. The SMILES string of the molecule is CCn1c2c(c3ccccc31)C(=O)C(Cn1cccc1C)C(C)C2. The third kappa shape index (κ3) is 2.15. The quantitative estimate of drug-likeness (QED) is 0.700. The van der Waals surface area contributed by atoms with Crippen molar-refractivity contribution in [1.82, 2.24) is 9.13 Å². The highest BCUT2D eigenvalue weighted by atomic mass is 16.1. The van der Waals surface area contributed by atoms with Gasteiger partial charge in [-0.15, -0.1) is 0 Å². The van der Waals surface area contributed by atoms with E-state index in [0.717, 1.165) is 30.5 Å². The van der Waals surface area contributed by atoms with Gasteiger partial charge >= 0.3 is 0 Å². The average Bonchev–Trinajstić information content (AvgIpc) is 3.12. The van der Waals surface area contributed by atoms with Crippen LogP contribution in [-0.4, -0.2) is 14.9 Å². The smallest absolute Gasteiger partial charge is 0.170 e. The van der Waals surface area contributed by atoms with Crippen LogP contribution >= 0.6 is 0 Å². The number of carbonyl (C=O) groups excluding carboxylic acids is 1. The van der Waals surface area contributed by atoms with Gasteiger partial charge in [-0.3, -0.25) is 4.79 Å². The van der Waals surface area contributed by atoms with Gasteiger partial charge in [-0.05, 0) is 44.4 Å². The maximum atomic E-state index is 13.4. The highest BCUT2D eigenvalue weighted by Gasteiger charge is 2.37. The van der Waals surface area contributed by atoms with E-state index < -0.39 is 0 Å². The van der Waals surface area contributed by atoms with Gasteiger partial charge in [-0.1, -0.05) is 25.1 Å². The Morgan fingerprint density at radius 1 is 1.17 bits per heavy atom. The molecule has 0 N–H and O–H groups in total. The number of fused-ring (bicyclic) bond motifs is 3. The van der Waals surface area contributed by atoms with Crippen molar-refractivity contribution in [3.63, 3.8) is 0 Å². The van der Waals surface area contributed by atoms with Gasteiger partial charge in [0.05, 0.1) is 0 Å². The topological polar surface area (TPSA) is 26.9 Å². The van der Waals surface area contributed by atoms with Crippen molar-refractivity contribution in [3.8, 4) is 0 Å². The molecule has 2 atom stereocenters. The number of rotatable bonds is 3. The van der Waals surface area contributed by atoms with Crippen molar-refractivity contribution in [2.45, 2.75) is 40.3 Å². The molecule has 0 radical (unpaired) electrons. The van der Waals surface area contributed by atoms with E-state index in [1.54, 1.807) is 0 Å². The molecule has 1 aliphatic carbocycles. The van der Waals surface area contributed by atoms with Crippen LogP contribution in [0.15, 0.2) is 42.6 Å². The molecule has 2 unspecified atom stereocenters. The van der Waals surface area contributed by atoms with Gasteiger partial charge in [0.1, 0.15) is 0 Å². The predicted molar refractivity (Wildman–Crippen MR) is 97.5 cm³/mol. The lowest BCUT2D eigenvalue weighted by Crippen LogP contribution is -2.33. The van der Waals surface area contributed by atoms with Crippen LogP contribution in [0.5, 0.6) is 0 Å². The number of aromatic nitrogens is 2. The maximum Gasteiger partial charge on any atom is 0.170 e. The van der Waals surface area contributed by atoms with Crippen molar-refractivity contribution >= 4 is 16.7 Å². The summed E-state index contributed by atoms with van der Waals surface area (Å²) in [5.41, 5.74) is 4.62. The third-order valence-corrected chi connectivity index (χ3v) is 5.63. The molecule has 0 amide bonds. The number of ketones is 1. The molecule has 0 saturated heterocycles. The summed E-state index contributed by atoms with van der Waals surface area (Å²) in [6, 6.07) is 12.5. The van der Waals surface area contributed by atoms with Crippen molar-refractivity contribution in [1.29, 1.82) is 0 Å². The Balaban J connectivity index is 1.82. The normalized spacial score (nSPS) is 20.5. The van der Waals surface area contributed by atoms with Gasteiger partial charge in [-0.25, -0.2) is 0 Å². The number of benzene rings is 1. The average molecular weight is 320 g/mol. The lowest BCUT2D eigenvalue weighted by molar-refractivity contribution is 0.0841. The van der Waals surface area contributed by atoms with Crippen LogP contribution in [0.4, 0.5) is 0 Å². The summed E-state index contributed by atoms with van der Waals surface area (Å²) in [5, 5.41) is 1.13. The van der Waals surface area contributed by atoms with E-state index >= 15 is 0 Å². The number of hydrogen-bond acceptors (Lipinski definition) is 1. The molecule has 2 aromatic heterocycles. The zero-order valence-corrected chi connectivity index (χ0v) is 14.6. The van der Waals surface area contributed by atoms with Gasteiger partial charge in [-0.2, -0.15) is 0 Å². The maximum absolute atomic E-state index is 13.4. The van der Waals surface area contributed by atoms with Crippen LogP contribution in [0, 0.1) is 18.8 Å². The van der Waals surface area contributed by atoms with Crippen molar-refractivity contribution in [2.75, 3.05) is 0 Å². The molecule has 0 saturated carbocycles. The zero-order valence-electron chi connectivity index (χ0n) is 14.6. The van der Waals surface area contributed by atoms with E-state index in [1.165, 1.54) is 16.9 Å². The fourth-order valence-corrected chi connectivity index (χ4v) is 4.27. The van der Waals surface area contributed by atoms with E-state index in [1.807, 2.05) is 6.07 Å². The molecule has 3 nitrogen and oxygen atoms in total. The van der Waals surface area contributed by atoms with Crippen molar-refractivity contribution in [2.24, 2.45) is 11.8 Å². The number of carbonyl (C=O) groups is 1. The summed E-state index contributed by atoms with van der Waals surface area (Å²) in [6.07, 6.45) is 3.06. The molecular weight excluding hydrogens is 296 g/mol. The molecule has 1 aromatic carbocycles. The first kappa shape index (κ1) is 15.3. The van der Waals surface area contributed by atoms with Crippen LogP contribution < -0.4 is 0 Å². The summed E-state index contributed by atoms with van der Waals surface area (Å²) in [6.45, 7) is 8.19. The Kier molecular flexibility index (Phi) is 3.60. The standard InChI is InChI=1S/C21H24N2O/c1-4-23-18-10-6-5-9-16(18)20-19(23)12-14(2)17(21(20)24)13-22-11-7-8-15(22)3/h5-11,14,17H,4,12-13H2,1-3H3. The molecule has 124 valence electrons. The molecule has 24 heavy (non-hydrogen) atoms. The van der Waals surface area contributed by atoms with E-state index in [4.69, 9.17) is 0 Å². The molecular formula is C21H24N2O. The summed E-state index contributed by atoms with van der Waals surface area (Å²) in [7, 11) is 0. The zero-order chi connectivity index (χ0) is 16.8. The van der Waals surface area contributed by atoms with Gasteiger partial charge in [0, 0.05) is 53.1 Å². The van der Waals surface area contributed by atoms with Crippen LogP contribution in [-0.2, 0) is 19.5 Å². The minimum Gasteiger partial charge on any atom is -0.351 e. The van der Waals surface area contributed by atoms with Gasteiger partial charge in [0.15, 0.2) is 5.78 Å². The van der Waals surface area contributed by atoms with Crippen LogP contribution in [0.3, 0.4) is 0 Å². The second kappa shape index (κ2) is 5.66. The van der Waals surface area contributed by atoms with E-state index in [0.29, 0.717) is 11.7 Å². The highest BCUT2D eigenvalue weighted by Crippen LogP contribution is 2.37. The number of hydrogen-bond donors (Lipinski definition) is 0. The third-order valence-electron chi connectivity index (χ3n) is 5.63. The molecule has 0 fully saturated rings. The van der Waals surface area contributed by atoms with Crippen LogP contribution in [0.2, 0.25) is 0 Å². The second-order valence-electron chi connectivity index (χ2n) is 7.04. The van der Waals surface area contributed by atoms with E-state index in [-0.39, 0.29) is 5.92 Å². The number of Topliss-reactive ketones (excluding diaryl/α,β-unsaturated/α-hetero) is 1. The summed E-state index contributed by atoms with van der Waals surface area (Å²) in [5.74, 6) is 0.737. The predicted octanol–water partition coefficient (Wildman–Crippen LogP) is 4.46. The Bertz CT molecular complexity index is 915. The lowest BCUT2D eigenvalue weighted by Gasteiger charge is -2.29. The Hall–Kier alpha value is -2.29. The fraction of sp³-hybridized carbons (Fsp3) is 0.381. The first-order valence-electron chi connectivity index (χ1n) is 8.87. The molecule has 3 heteroatoms. The van der Waals surface area contributed by atoms with Crippen LogP contribution in [0.25, 0.3) is 10.9 Å². The van der Waals surface area contributed by atoms with Gasteiger partial charge in [0.25, 0.3) is 0 Å². The minimum atomic E-state index is 0.0553. The van der Waals surface area contributed by atoms with Gasteiger partial charge in [0.2, 0.25) is 0 Å². The molecule has 1 aliphatic rings. The monoisotopic (exact) mass is 320 g/mol. The molecule has 2 heterocycles. The van der Waals surface area contributed by atoms with Crippen LogP contribution in [0.1, 0.15) is 35.6 Å². The Morgan fingerprint density at radius 3 is 2.67 bits per heavy atom. The molecule has 3 aromatic rings. The van der Waals surface area contributed by atoms with E-state index in [2.05, 4.69) is 66.4 Å². The Labute approximate surface area is 142 Å². The Morgan fingerprint density at radius 2 is 1.96 bits per heavy atom. The number of para-hydroxylation sites is 1. The van der Waals surface area contributed by atoms with E-state index in [9.17, 15) is 4.79 Å². The molecule has 0 aliphatic heterocycles. The highest BCUT2D eigenvalue weighted by molar-refractivity contribution is 6.11. The molecule has 0 bridgehead atoms. The first-order chi connectivity index (χ1) is 11.6. The number of aryl methyl sites for hydroxylation is 2. The van der Waals surface area contributed by atoms with Crippen molar-refractivity contribution < 1.29 is 4.79 Å². The largest absolute Gasteiger partial charge is 0.351 e. The van der Waals surface area contributed by atoms with Gasteiger partial charge < -0.3 is 9.13 Å². The minimum absolute atomic E-state index is 0.0553. The summed E-state index contributed by atoms with van der Waals surface area (Å²) >= 11 is 0. The molecule has 4 rings (SSSR count). The molecule has 0 spiro atoms. The summed E-state index contributed by atoms with van der Waals surface area (Å²) < 4.78 is 4.54. The second-order valence-corrected chi connectivity index (χ2v) is 7.04.